The smallest absolute Gasteiger partial charge is 0.326 e. The summed E-state index contributed by atoms with van der Waals surface area (Å²) in [4.78, 5) is 35.6. The number of piperidine rings is 1. The van der Waals surface area contributed by atoms with Crippen LogP contribution >= 0.6 is 11.8 Å². The van der Waals surface area contributed by atoms with Crippen LogP contribution in [-0.2, 0) is 9.59 Å². The van der Waals surface area contributed by atoms with Crippen LogP contribution in [0.4, 0.5) is 4.79 Å². The summed E-state index contributed by atoms with van der Waals surface area (Å²) in [6.07, 6.45) is 3.34. The normalized spacial score (nSPS) is 17.6. The van der Waals surface area contributed by atoms with Crippen LogP contribution in [0.25, 0.3) is 0 Å². The quantitative estimate of drug-likeness (QED) is 0.644. The summed E-state index contributed by atoms with van der Waals surface area (Å²) in [6, 6.07) is -1.26. The van der Waals surface area contributed by atoms with Crippen molar-refractivity contribution in [3.63, 3.8) is 0 Å². The second-order valence-corrected chi connectivity index (χ2v) is 5.77. The molecule has 0 aromatic rings. The second-order valence-electron chi connectivity index (χ2n) is 4.79. The van der Waals surface area contributed by atoms with Crippen molar-refractivity contribution in [2.24, 2.45) is 11.7 Å². The molecule has 20 heavy (non-hydrogen) atoms. The maximum Gasteiger partial charge on any atom is 0.326 e. The number of carboxylic acid groups (broad SMARTS) is 1. The lowest BCUT2D eigenvalue weighted by Gasteiger charge is -2.31. The topological polar surface area (TPSA) is 113 Å². The van der Waals surface area contributed by atoms with E-state index in [2.05, 4.69) is 5.32 Å². The maximum atomic E-state index is 12.0. The van der Waals surface area contributed by atoms with Crippen LogP contribution in [0.3, 0.4) is 0 Å². The molecule has 0 aromatic carbocycles. The summed E-state index contributed by atoms with van der Waals surface area (Å²) >= 11 is 1.53. The van der Waals surface area contributed by atoms with Gasteiger partial charge in [-0.2, -0.15) is 11.8 Å². The molecule has 0 spiro atoms. The van der Waals surface area contributed by atoms with E-state index in [0.29, 0.717) is 38.1 Å². The zero-order valence-electron chi connectivity index (χ0n) is 11.5. The molecule has 4 N–H and O–H groups in total. The van der Waals surface area contributed by atoms with Gasteiger partial charge >= 0.3 is 12.0 Å². The molecule has 1 fully saturated rings. The fourth-order valence-corrected chi connectivity index (χ4v) is 2.57. The number of likely N-dealkylation sites (tertiary alicyclic amines) is 1. The van der Waals surface area contributed by atoms with Crippen LogP contribution in [0.15, 0.2) is 0 Å². The number of hydrogen-bond acceptors (Lipinski definition) is 4. The highest BCUT2D eigenvalue weighted by molar-refractivity contribution is 7.98. The number of amides is 3. The Hall–Kier alpha value is -1.44. The van der Waals surface area contributed by atoms with Gasteiger partial charge < -0.3 is 21.1 Å². The van der Waals surface area contributed by atoms with Crippen molar-refractivity contribution in [3.8, 4) is 0 Å². The highest BCUT2D eigenvalue weighted by Crippen LogP contribution is 2.16. The summed E-state index contributed by atoms with van der Waals surface area (Å²) in [7, 11) is 0. The lowest BCUT2D eigenvalue weighted by molar-refractivity contribution is -0.139. The van der Waals surface area contributed by atoms with Gasteiger partial charge in [-0.3, -0.25) is 4.79 Å². The molecule has 0 radical (unpaired) electrons. The minimum absolute atomic E-state index is 0.189. The van der Waals surface area contributed by atoms with Gasteiger partial charge in [0, 0.05) is 19.0 Å². The van der Waals surface area contributed by atoms with E-state index in [1.165, 1.54) is 16.7 Å². The van der Waals surface area contributed by atoms with Crippen LogP contribution in [0.1, 0.15) is 19.3 Å². The van der Waals surface area contributed by atoms with E-state index in [1.807, 2.05) is 6.26 Å². The molecule has 8 heteroatoms. The van der Waals surface area contributed by atoms with Gasteiger partial charge in [-0.05, 0) is 31.3 Å². The molecule has 1 rings (SSSR count). The van der Waals surface area contributed by atoms with Crippen molar-refractivity contribution in [2.45, 2.75) is 25.3 Å². The largest absolute Gasteiger partial charge is 0.480 e. The average molecular weight is 303 g/mol. The highest BCUT2D eigenvalue weighted by Gasteiger charge is 2.28. The summed E-state index contributed by atoms with van der Waals surface area (Å²) in [5.41, 5.74) is 5.23. The first kappa shape index (κ1) is 16.6. The van der Waals surface area contributed by atoms with E-state index in [9.17, 15) is 14.4 Å². The number of thioether (sulfide) groups is 1. The minimum atomic E-state index is -1.03. The van der Waals surface area contributed by atoms with Crippen molar-refractivity contribution in [2.75, 3.05) is 25.1 Å². The molecule has 0 bridgehead atoms. The van der Waals surface area contributed by atoms with Crippen molar-refractivity contribution in [3.05, 3.63) is 0 Å². The van der Waals surface area contributed by atoms with E-state index in [-0.39, 0.29) is 17.9 Å². The summed E-state index contributed by atoms with van der Waals surface area (Å²) in [5, 5.41) is 11.6. The van der Waals surface area contributed by atoms with Crippen molar-refractivity contribution in [1.82, 2.24) is 10.2 Å². The number of nitrogens with zero attached hydrogens (tertiary/aromatic N) is 1. The third-order valence-electron chi connectivity index (χ3n) is 3.39. The number of carbonyl (C=O) groups is 3. The average Bonchev–Trinajstić information content (AvgIpc) is 2.42. The van der Waals surface area contributed by atoms with E-state index in [4.69, 9.17) is 10.8 Å². The summed E-state index contributed by atoms with van der Waals surface area (Å²) in [6.45, 7) is 0.850. The zero-order valence-corrected chi connectivity index (χ0v) is 12.3. The van der Waals surface area contributed by atoms with Gasteiger partial charge in [0.15, 0.2) is 0 Å². The third-order valence-corrected chi connectivity index (χ3v) is 4.03. The summed E-state index contributed by atoms with van der Waals surface area (Å²) < 4.78 is 0. The van der Waals surface area contributed by atoms with Gasteiger partial charge in [0.05, 0.1) is 0 Å². The van der Waals surface area contributed by atoms with E-state index < -0.39 is 12.0 Å². The molecular weight excluding hydrogens is 282 g/mol. The van der Waals surface area contributed by atoms with Crippen molar-refractivity contribution >= 4 is 29.7 Å². The Balaban J connectivity index is 2.45. The number of urea groups is 1. The Morgan fingerprint density at radius 3 is 2.45 bits per heavy atom. The summed E-state index contributed by atoms with van der Waals surface area (Å²) in [5.74, 6) is -0.889. The lowest BCUT2D eigenvalue weighted by atomic mass is 9.96. The van der Waals surface area contributed by atoms with Crippen LogP contribution in [-0.4, -0.2) is 59.1 Å². The second kappa shape index (κ2) is 7.98. The Morgan fingerprint density at radius 1 is 1.40 bits per heavy atom. The number of nitrogens with two attached hydrogens (primary N) is 1. The number of carbonyl (C=O) groups excluding carboxylic acids is 2. The molecular formula is C12H21N3O4S. The standard InChI is InChI=1S/C12H21N3O4S/c1-20-7-4-9(11(17)18)14-12(19)15-5-2-8(3-6-15)10(13)16/h8-9H,2-7H2,1H3,(H2,13,16)(H,14,19)(H,17,18)/t9-/m0/s1. The van der Waals surface area contributed by atoms with Gasteiger partial charge in [-0.25, -0.2) is 9.59 Å². The first-order valence-corrected chi connectivity index (χ1v) is 7.91. The van der Waals surface area contributed by atoms with E-state index in [0.717, 1.165) is 0 Å². The molecule has 0 unspecified atom stereocenters. The first-order chi connectivity index (χ1) is 9.45. The fourth-order valence-electron chi connectivity index (χ4n) is 2.10. The van der Waals surface area contributed by atoms with E-state index in [1.54, 1.807) is 0 Å². The molecule has 0 aliphatic carbocycles. The molecule has 114 valence electrons. The van der Waals surface area contributed by atoms with Crippen molar-refractivity contribution < 1.29 is 19.5 Å². The Kier molecular flexibility index (Phi) is 6.63. The molecule has 3 amide bonds. The van der Waals surface area contributed by atoms with Gasteiger partial charge in [-0.1, -0.05) is 0 Å². The Bertz CT molecular complexity index is 370. The number of carboxylic acids is 1. The first-order valence-electron chi connectivity index (χ1n) is 6.52. The number of aliphatic carboxylic acids is 1. The molecule has 0 aromatic heterocycles. The molecule has 1 heterocycles. The molecule has 1 atom stereocenters. The van der Waals surface area contributed by atoms with Gasteiger partial charge in [0.2, 0.25) is 5.91 Å². The maximum absolute atomic E-state index is 12.0. The lowest BCUT2D eigenvalue weighted by Crippen LogP contribution is -2.51. The number of hydrogen-bond donors (Lipinski definition) is 3. The SMILES string of the molecule is CSCC[C@H](NC(=O)N1CCC(C(N)=O)CC1)C(=O)O. The van der Waals surface area contributed by atoms with Crippen molar-refractivity contribution in [1.29, 1.82) is 0 Å². The van der Waals surface area contributed by atoms with Crippen LogP contribution < -0.4 is 11.1 Å². The van der Waals surface area contributed by atoms with Gasteiger partial charge in [-0.15, -0.1) is 0 Å². The zero-order chi connectivity index (χ0) is 15.1. The third kappa shape index (κ3) is 4.92. The molecule has 1 aliphatic rings. The number of nitrogens with one attached hydrogen (secondary N) is 1. The molecule has 1 saturated heterocycles. The van der Waals surface area contributed by atoms with Crippen LogP contribution in [0.5, 0.6) is 0 Å². The Morgan fingerprint density at radius 2 is 2.00 bits per heavy atom. The predicted octanol–water partition coefficient (Wildman–Crippen LogP) is 0.0996. The molecule has 1 aliphatic heterocycles. The highest BCUT2D eigenvalue weighted by atomic mass is 32.2. The molecule has 7 nitrogen and oxygen atoms in total. The monoisotopic (exact) mass is 303 g/mol. The molecule has 0 saturated carbocycles. The van der Waals surface area contributed by atoms with Crippen LogP contribution in [0, 0.1) is 5.92 Å². The number of primary amides is 1. The Labute approximate surface area is 122 Å². The van der Waals surface area contributed by atoms with Gasteiger partial charge in [0.1, 0.15) is 6.04 Å². The minimum Gasteiger partial charge on any atom is -0.480 e. The predicted molar refractivity (Wildman–Crippen MR) is 76.4 cm³/mol. The van der Waals surface area contributed by atoms with Crippen LogP contribution in [0.2, 0.25) is 0 Å². The fraction of sp³-hybridized carbons (Fsp3) is 0.750. The number of rotatable bonds is 6. The van der Waals surface area contributed by atoms with E-state index >= 15 is 0 Å². The van der Waals surface area contributed by atoms with Gasteiger partial charge in [0.25, 0.3) is 0 Å².